The van der Waals surface area contributed by atoms with Gasteiger partial charge in [0.2, 0.25) is 0 Å². The Morgan fingerprint density at radius 2 is 2.00 bits per heavy atom. The smallest absolute Gasteiger partial charge is 0.105 e. The Morgan fingerprint density at radius 1 is 1.33 bits per heavy atom. The minimum Gasteiger partial charge on any atom is -0.390 e. The predicted molar refractivity (Wildman–Crippen MR) is 68.8 cm³/mol. The number of azide groups is 1. The lowest BCUT2D eigenvalue weighted by molar-refractivity contribution is 0.0150. The minimum absolute atomic E-state index is 0.173. The van der Waals surface area contributed by atoms with Crippen molar-refractivity contribution in [3.05, 3.63) is 45.8 Å². The van der Waals surface area contributed by atoms with Crippen molar-refractivity contribution >= 4 is 0 Å². The molecule has 0 fully saturated rings. The Bertz CT molecular complexity index is 401. The zero-order chi connectivity index (χ0) is 13.4. The number of aliphatic hydroxyl groups excluding tert-OH is 2. The molecule has 0 aliphatic heterocycles. The molecule has 0 aliphatic rings. The Labute approximate surface area is 106 Å². The van der Waals surface area contributed by atoms with Crippen LogP contribution in [0.3, 0.4) is 0 Å². The minimum atomic E-state index is -0.956. The molecule has 3 N–H and O–H groups in total. The molecule has 2 unspecified atom stereocenters. The SMILES string of the molecule is CNCc1ccc(C(O)C(O)CCN=[N+]=[N-])cc1. The fraction of sp³-hybridized carbons (Fsp3) is 0.500. The number of rotatable bonds is 7. The second-order valence-corrected chi connectivity index (χ2v) is 4.03. The third-order valence-corrected chi connectivity index (χ3v) is 2.65. The van der Waals surface area contributed by atoms with Crippen LogP contribution in [0.25, 0.3) is 10.4 Å². The van der Waals surface area contributed by atoms with E-state index in [1.807, 2.05) is 19.2 Å². The van der Waals surface area contributed by atoms with E-state index in [4.69, 9.17) is 5.53 Å². The lowest BCUT2D eigenvalue weighted by Crippen LogP contribution is -2.19. The molecule has 98 valence electrons. The molecule has 1 aromatic rings. The van der Waals surface area contributed by atoms with Crippen LogP contribution < -0.4 is 5.32 Å². The number of nitrogens with one attached hydrogen (secondary N) is 1. The zero-order valence-electron chi connectivity index (χ0n) is 10.3. The summed E-state index contributed by atoms with van der Waals surface area (Å²) in [6.07, 6.45) is -1.64. The van der Waals surface area contributed by atoms with Gasteiger partial charge in [0.05, 0.1) is 6.10 Å². The number of hydrogen-bond acceptors (Lipinski definition) is 4. The molecule has 2 atom stereocenters. The van der Waals surface area contributed by atoms with Gasteiger partial charge in [0, 0.05) is 18.0 Å². The number of aliphatic hydroxyl groups is 2. The molecule has 0 radical (unpaired) electrons. The third-order valence-electron chi connectivity index (χ3n) is 2.65. The highest BCUT2D eigenvalue weighted by Gasteiger charge is 2.17. The largest absolute Gasteiger partial charge is 0.390 e. The second-order valence-electron chi connectivity index (χ2n) is 4.03. The molecule has 0 saturated carbocycles. The van der Waals surface area contributed by atoms with Crippen molar-refractivity contribution in [2.24, 2.45) is 5.11 Å². The van der Waals surface area contributed by atoms with Crippen LogP contribution in [0, 0.1) is 0 Å². The van der Waals surface area contributed by atoms with E-state index in [-0.39, 0.29) is 13.0 Å². The summed E-state index contributed by atoms with van der Waals surface area (Å²) < 4.78 is 0. The molecular formula is C12H18N4O2. The van der Waals surface area contributed by atoms with Gasteiger partial charge < -0.3 is 15.5 Å². The summed E-state index contributed by atoms with van der Waals surface area (Å²) in [5, 5.41) is 26.0. The average Bonchev–Trinajstić information content (AvgIpc) is 2.39. The van der Waals surface area contributed by atoms with Crippen molar-refractivity contribution in [3.63, 3.8) is 0 Å². The van der Waals surface area contributed by atoms with E-state index in [0.717, 1.165) is 12.1 Å². The molecule has 0 amide bonds. The van der Waals surface area contributed by atoms with Gasteiger partial charge in [-0.1, -0.05) is 29.4 Å². The van der Waals surface area contributed by atoms with Gasteiger partial charge in [-0.3, -0.25) is 0 Å². The first-order valence-electron chi connectivity index (χ1n) is 5.79. The van der Waals surface area contributed by atoms with Crippen LogP contribution in [0.15, 0.2) is 29.4 Å². The molecule has 18 heavy (non-hydrogen) atoms. The van der Waals surface area contributed by atoms with E-state index < -0.39 is 12.2 Å². The van der Waals surface area contributed by atoms with E-state index >= 15 is 0 Å². The van der Waals surface area contributed by atoms with Gasteiger partial charge in [-0.25, -0.2) is 0 Å². The summed E-state index contributed by atoms with van der Waals surface area (Å²) in [5.41, 5.74) is 9.89. The second kappa shape index (κ2) is 7.68. The van der Waals surface area contributed by atoms with Crippen LogP contribution in [0.4, 0.5) is 0 Å². The van der Waals surface area contributed by atoms with Crippen molar-refractivity contribution in [1.29, 1.82) is 0 Å². The molecule has 1 rings (SSSR count). The van der Waals surface area contributed by atoms with Gasteiger partial charge in [-0.05, 0) is 30.1 Å². The monoisotopic (exact) mass is 250 g/mol. The topological polar surface area (TPSA) is 101 Å². The molecule has 0 heterocycles. The predicted octanol–water partition coefficient (Wildman–Crippen LogP) is 1.50. The fourth-order valence-corrected chi connectivity index (χ4v) is 1.65. The van der Waals surface area contributed by atoms with Crippen LogP contribution >= 0.6 is 0 Å². The first-order valence-corrected chi connectivity index (χ1v) is 5.79. The first-order chi connectivity index (χ1) is 8.69. The Balaban J connectivity index is 2.59. The molecule has 0 aromatic heterocycles. The highest BCUT2D eigenvalue weighted by molar-refractivity contribution is 5.24. The third kappa shape index (κ3) is 4.35. The maximum absolute atomic E-state index is 9.91. The van der Waals surface area contributed by atoms with Gasteiger partial charge >= 0.3 is 0 Å². The van der Waals surface area contributed by atoms with Gasteiger partial charge in [0.25, 0.3) is 0 Å². The number of hydrogen-bond donors (Lipinski definition) is 3. The van der Waals surface area contributed by atoms with Crippen molar-refractivity contribution in [1.82, 2.24) is 5.32 Å². The van der Waals surface area contributed by atoms with Crippen LogP contribution in [0.2, 0.25) is 0 Å². The maximum atomic E-state index is 9.91. The summed E-state index contributed by atoms with van der Waals surface area (Å²) in [6, 6.07) is 7.37. The van der Waals surface area contributed by atoms with Crippen molar-refractivity contribution in [3.8, 4) is 0 Å². The standard InChI is InChI=1S/C12H18N4O2/c1-14-8-9-2-4-10(5-3-9)12(18)11(17)6-7-15-16-13/h2-5,11-12,14,17-18H,6-8H2,1H3. The molecule has 0 bridgehead atoms. The molecular weight excluding hydrogens is 232 g/mol. The van der Waals surface area contributed by atoms with Crippen LogP contribution in [0.1, 0.15) is 23.7 Å². The molecule has 0 spiro atoms. The van der Waals surface area contributed by atoms with Crippen molar-refractivity contribution in [2.75, 3.05) is 13.6 Å². The van der Waals surface area contributed by atoms with E-state index in [2.05, 4.69) is 15.3 Å². The van der Waals surface area contributed by atoms with E-state index in [0.29, 0.717) is 5.56 Å². The van der Waals surface area contributed by atoms with Gasteiger partial charge in [-0.15, -0.1) is 0 Å². The quantitative estimate of drug-likeness (QED) is 0.388. The van der Waals surface area contributed by atoms with Gasteiger partial charge in [0.1, 0.15) is 6.10 Å². The highest BCUT2D eigenvalue weighted by Crippen LogP contribution is 2.19. The number of nitrogens with zero attached hydrogens (tertiary/aromatic N) is 3. The van der Waals surface area contributed by atoms with Gasteiger partial charge in [0.15, 0.2) is 0 Å². The lowest BCUT2D eigenvalue weighted by atomic mass is 10.0. The Hall–Kier alpha value is -1.59. The lowest BCUT2D eigenvalue weighted by Gasteiger charge is -2.17. The molecule has 1 aromatic carbocycles. The van der Waals surface area contributed by atoms with Crippen LogP contribution in [0.5, 0.6) is 0 Å². The van der Waals surface area contributed by atoms with Crippen molar-refractivity contribution < 1.29 is 10.2 Å². The van der Waals surface area contributed by atoms with Gasteiger partial charge in [-0.2, -0.15) is 0 Å². The summed E-state index contributed by atoms with van der Waals surface area (Å²) >= 11 is 0. The maximum Gasteiger partial charge on any atom is 0.105 e. The van der Waals surface area contributed by atoms with Crippen molar-refractivity contribution in [2.45, 2.75) is 25.2 Å². The first kappa shape index (κ1) is 14.5. The van der Waals surface area contributed by atoms with E-state index in [9.17, 15) is 10.2 Å². The summed E-state index contributed by atoms with van der Waals surface area (Å²) in [4.78, 5) is 2.60. The fourth-order valence-electron chi connectivity index (χ4n) is 1.65. The summed E-state index contributed by atoms with van der Waals surface area (Å²) in [6.45, 7) is 0.933. The van der Waals surface area contributed by atoms with Crippen LogP contribution in [-0.2, 0) is 6.54 Å². The summed E-state index contributed by atoms with van der Waals surface area (Å²) in [5.74, 6) is 0. The average molecular weight is 250 g/mol. The van der Waals surface area contributed by atoms with E-state index in [1.165, 1.54) is 0 Å². The number of benzene rings is 1. The van der Waals surface area contributed by atoms with E-state index in [1.54, 1.807) is 12.1 Å². The normalized spacial score (nSPS) is 13.7. The van der Waals surface area contributed by atoms with Crippen LogP contribution in [-0.4, -0.2) is 29.9 Å². The Kier molecular flexibility index (Phi) is 6.18. The molecule has 0 aliphatic carbocycles. The summed E-state index contributed by atoms with van der Waals surface area (Å²) in [7, 11) is 1.86. The zero-order valence-corrected chi connectivity index (χ0v) is 10.3. The highest BCUT2D eigenvalue weighted by atomic mass is 16.3. The molecule has 6 nitrogen and oxygen atoms in total. The molecule has 0 saturated heterocycles. The molecule has 6 heteroatoms. The Morgan fingerprint density at radius 3 is 2.56 bits per heavy atom.